The Labute approximate surface area is 79.0 Å². The predicted molar refractivity (Wildman–Crippen MR) is 49.3 cm³/mol. The molecular formula is C10H17NO2. The van der Waals surface area contributed by atoms with Gasteiger partial charge < -0.3 is 9.64 Å². The number of nitrogens with zero attached hydrogens (tertiary/aromatic N) is 1. The quantitative estimate of drug-likeness (QED) is 0.648. The first-order valence-electron chi connectivity index (χ1n) is 5.10. The summed E-state index contributed by atoms with van der Waals surface area (Å²) in [5.41, 5.74) is 0. The number of amides is 1. The third-order valence-corrected chi connectivity index (χ3v) is 3.10. The normalized spacial score (nSPS) is 28.5. The van der Waals surface area contributed by atoms with Crippen molar-refractivity contribution in [1.29, 1.82) is 0 Å². The summed E-state index contributed by atoms with van der Waals surface area (Å²) in [6, 6.07) is 0. The maximum Gasteiger partial charge on any atom is 0.226 e. The van der Waals surface area contributed by atoms with E-state index in [1.807, 2.05) is 4.90 Å². The van der Waals surface area contributed by atoms with Crippen LogP contribution in [0.25, 0.3) is 0 Å². The Hall–Kier alpha value is -0.570. The van der Waals surface area contributed by atoms with Gasteiger partial charge in [-0.15, -0.1) is 0 Å². The van der Waals surface area contributed by atoms with E-state index in [0.717, 1.165) is 25.4 Å². The van der Waals surface area contributed by atoms with Gasteiger partial charge in [0.25, 0.3) is 0 Å². The molecule has 3 nitrogen and oxygen atoms in total. The SMILES string of the molecule is COCCN1CCC(C2CC2)C1=O. The maximum atomic E-state index is 11.8. The number of rotatable bonds is 4. The lowest BCUT2D eigenvalue weighted by Gasteiger charge is -2.15. The molecule has 0 spiro atoms. The molecule has 1 aliphatic carbocycles. The third-order valence-electron chi connectivity index (χ3n) is 3.10. The minimum absolute atomic E-state index is 0.358. The highest BCUT2D eigenvalue weighted by Crippen LogP contribution is 2.41. The molecule has 1 saturated heterocycles. The van der Waals surface area contributed by atoms with E-state index in [1.165, 1.54) is 12.8 Å². The molecule has 2 fully saturated rings. The van der Waals surface area contributed by atoms with Gasteiger partial charge in [0, 0.05) is 26.1 Å². The van der Waals surface area contributed by atoms with Crippen LogP contribution in [0.2, 0.25) is 0 Å². The second kappa shape index (κ2) is 3.66. The smallest absolute Gasteiger partial charge is 0.226 e. The monoisotopic (exact) mass is 183 g/mol. The number of methoxy groups -OCH3 is 1. The van der Waals surface area contributed by atoms with Crippen LogP contribution in [-0.2, 0) is 9.53 Å². The summed E-state index contributed by atoms with van der Waals surface area (Å²) in [5.74, 6) is 1.46. The van der Waals surface area contributed by atoms with Crippen molar-refractivity contribution in [3.8, 4) is 0 Å². The molecule has 1 unspecified atom stereocenters. The lowest BCUT2D eigenvalue weighted by Crippen LogP contribution is -2.30. The van der Waals surface area contributed by atoms with E-state index in [-0.39, 0.29) is 0 Å². The molecule has 0 aromatic rings. The van der Waals surface area contributed by atoms with Gasteiger partial charge in [0.1, 0.15) is 0 Å². The van der Waals surface area contributed by atoms with Crippen molar-refractivity contribution in [3.05, 3.63) is 0 Å². The van der Waals surface area contributed by atoms with Crippen LogP contribution in [-0.4, -0.2) is 37.6 Å². The van der Waals surface area contributed by atoms with Crippen molar-refractivity contribution < 1.29 is 9.53 Å². The molecule has 1 atom stereocenters. The number of hydrogen-bond acceptors (Lipinski definition) is 2. The highest BCUT2D eigenvalue weighted by atomic mass is 16.5. The van der Waals surface area contributed by atoms with Crippen LogP contribution in [0.3, 0.4) is 0 Å². The van der Waals surface area contributed by atoms with Crippen LogP contribution < -0.4 is 0 Å². The van der Waals surface area contributed by atoms with Crippen LogP contribution in [0.4, 0.5) is 0 Å². The zero-order chi connectivity index (χ0) is 9.26. The molecule has 13 heavy (non-hydrogen) atoms. The van der Waals surface area contributed by atoms with Gasteiger partial charge in [-0.3, -0.25) is 4.79 Å². The second-order valence-corrected chi connectivity index (χ2v) is 4.05. The minimum atomic E-state index is 0.358. The van der Waals surface area contributed by atoms with Gasteiger partial charge in [-0.25, -0.2) is 0 Å². The fourth-order valence-corrected chi connectivity index (χ4v) is 2.12. The summed E-state index contributed by atoms with van der Waals surface area (Å²) in [4.78, 5) is 13.7. The summed E-state index contributed by atoms with van der Waals surface area (Å²) < 4.78 is 4.97. The lowest BCUT2D eigenvalue weighted by molar-refractivity contribution is -0.132. The Kier molecular flexibility index (Phi) is 2.54. The first-order valence-corrected chi connectivity index (χ1v) is 5.10. The van der Waals surface area contributed by atoms with Gasteiger partial charge >= 0.3 is 0 Å². The maximum absolute atomic E-state index is 11.8. The number of carbonyl (C=O) groups excluding carboxylic acids is 1. The van der Waals surface area contributed by atoms with Crippen LogP contribution >= 0.6 is 0 Å². The van der Waals surface area contributed by atoms with Gasteiger partial charge in [0.15, 0.2) is 0 Å². The number of ether oxygens (including phenoxy) is 1. The van der Waals surface area contributed by atoms with Gasteiger partial charge in [0.05, 0.1) is 6.61 Å². The van der Waals surface area contributed by atoms with E-state index in [4.69, 9.17) is 4.74 Å². The number of likely N-dealkylation sites (tertiary alicyclic amines) is 1. The summed E-state index contributed by atoms with van der Waals surface area (Å²) in [5, 5.41) is 0. The summed E-state index contributed by atoms with van der Waals surface area (Å²) >= 11 is 0. The van der Waals surface area contributed by atoms with Gasteiger partial charge in [-0.2, -0.15) is 0 Å². The number of hydrogen-bond donors (Lipinski definition) is 0. The van der Waals surface area contributed by atoms with E-state index >= 15 is 0 Å². The van der Waals surface area contributed by atoms with Crippen molar-refractivity contribution in [2.75, 3.05) is 26.8 Å². The predicted octanol–water partition coefficient (Wildman–Crippen LogP) is 0.891. The highest BCUT2D eigenvalue weighted by Gasteiger charge is 2.41. The molecular weight excluding hydrogens is 166 g/mol. The summed E-state index contributed by atoms with van der Waals surface area (Å²) in [7, 11) is 1.68. The molecule has 1 amide bonds. The van der Waals surface area contributed by atoms with E-state index < -0.39 is 0 Å². The second-order valence-electron chi connectivity index (χ2n) is 4.05. The Morgan fingerprint density at radius 1 is 1.46 bits per heavy atom. The number of carbonyl (C=O) groups is 1. The average Bonchev–Trinajstić information content (AvgIpc) is 2.89. The lowest BCUT2D eigenvalue weighted by atomic mass is 10.0. The fourth-order valence-electron chi connectivity index (χ4n) is 2.12. The summed E-state index contributed by atoms with van der Waals surface area (Å²) in [6.45, 7) is 2.39. The molecule has 0 bridgehead atoms. The average molecular weight is 183 g/mol. The fraction of sp³-hybridized carbons (Fsp3) is 0.900. The Morgan fingerprint density at radius 3 is 2.85 bits per heavy atom. The zero-order valence-corrected chi connectivity index (χ0v) is 8.16. The van der Waals surface area contributed by atoms with Gasteiger partial charge in [-0.1, -0.05) is 0 Å². The van der Waals surface area contributed by atoms with Crippen molar-refractivity contribution in [3.63, 3.8) is 0 Å². The molecule has 0 radical (unpaired) electrons. The van der Waals surface area contributed by atoms with Gasteiger partial charge in [0.2, 0.25) is 5.91 Å². The molecule has 0 N–H and O–H groups in total. The van der Waals surface area contributed by atoms with Gasteiger partial charge in [-0.05, 0) is 25.2 Å². The highest BCUT2D eigenvalue weighted by molar-refractivity contribution is 5.81. The first-order chi connectivity index (χ1) is 6.33. The van der Waals surface area contributed by atoms with E-state index in [0.29, 0.717) is 18.4 Å². The standard InChI is InChI=1S/C10H17NO2/c1-13-7-6-11-5-4-9(10(11)12)8-2-3-8/h8-9H,2-7H2,1H3. The molecule has 1 heterocycles. The molecule has 0 aromatic carbocycles. The third kappa shape index (κ3) is 1.85. The van der Waals surface area contributed by atoms with Crippen molar-refractivity contribution >= 4 is 5.91 Å². The molecule has 2 rings (SSSR count). The molecule has 3 heteroatoms. The van der Waals surface area contributed by atoms with Crippen LogP contribution in [0.15, 0.2) is 0 Å². The Bertz CT molecular complexity index is 201. The largest absolute Gasteiger partial charge is 0.383 e. The molecule has 1 aliphatic heterocycles. The van der Waals surface area contributed by atoms with E-state index in [2.05, 4.69) is 0 Å². The van der Waals surface area contributed by atoms with Crippen LogP contribution in [0.1, 0.15) is 19.3 Å². The van der Waals surface area contributed by atoms with Crippen molar-refractivity contribution in [2.24, 2.45) is 11.8 Å². The van der Waals surface area contributed by atoms with Crippen molar-refractivity contribution in [2.45, 2.75) is 19.3 Å². The molecule has 2 aliphatic rings. The minimum Gasteiger partial charge on any atom is -0.383 e. The topological polar surface area (TPSA) is 29.5 Å². The summed E-state index contributed by atoms with van der Waals surface area (Å²) in [6.07, 6.45) is 3.62. The molecule has 0 aromatic heterocycles. The zero-order valence-electron chi connectivity index (χ0n) is 8.16. The van der Waals surface area contributed by atoms with Crippen LogP contribution in [0, 0.1) is 11.8 Å². The Balaban J connectivity index is 1.83. The van der Waals surface area contributed by atoms with E-state index in [9.17, 15) is 4.79 Å². The van der Waals surface area contributed by atoms with Crippen LogP contribution in [0.5, 0.6) is 0 Å². The first kappa shape index (κ1) is 9.00. The molecule has 74 valence electrons. The van der Waals surface area contributed by atoms with Crippen molar-refractivity contribution in [1.82, 2.24) is 4.90 Å². The van der Waals surface area contributed by atoms with E-state index in [1.54, 1.807) is 7.11 Å². The Morgan fingerprint density at radius 2 is 2.23 bits per heavy atom. The molecule has 1 saturated carbocycles.